The van der Waals surface area contributed by atoms with Crippen LogP contribution in [0.5, 0.6) is 0 Å². The molecule has 3 aromatic rings. The third-order valence-corrected chi connectivity index (χ3v) is 5.43. The maximum atomic E-state index is 12.6. The normalized spacial score (nSPS) is 19.4. The number of halogens is 2. The Kier molecular flexibility index (Phi) is 4.77. The van der Waals surface area contributed by atoms with Crippen molar-refractivity contribution < 1.29 is 4.21 Å². The van der Waals surface area contributed by atoms with Gasteiger partial charge in [0.1, 0.15) is 17.9 Å². The van der Waals surface area contributed by atoms with Crippen LogP contribution in [0.3, 0.4) is 0 Å². The van der Waals surface area contributed by atoms with Crippen molar-refractivity contribution in [2.45, 2.75) is 13.0 Å². The molecule has 4 rings (SSSR count). The van der Waals surface area contributed by atoms with Crippen molar-refractivity contribution in [1.82, 2.24) is 30.0 Å². The number of amidine groups is 1. The minimum absolute atomic E-state index is 0.307. The van der Waals surface area contributed by atoms with Crippen molar-refractivity contribution in [2.75, 3.05) is 6.26 Å². The van der Waals surface area contributed by atoms with Crippen LogP contribution < -0.4 is 5.32 Å². The van der Waals surface area contributed by atoms with E-state index in [1.54, 1.807) is 35.4 Å². The largest absolute Gasteiger partial charge is 0.359 e. The van der Waals surface area contributed by atoms with Crippen molar-refractivity contribution >= 4 is 44.6 Å². The van der Waals surface area contributed by atoms with Crippen molar-refractivity contribution in [1.29, 1.82) is 0 Å². The second-order valence-corrected chi connectivity index (χ2v) is 8.77. The fraction of sp³-hybridized carbons (Fsp3) is 0.188. The lowest BCUT2D eigenvalue weighted by atomic mass is 10.1. The Bertz CT molecular complexity index is 1200. The SMILES string of the molecule is CC(NC1=NS(C)(=O)=Nc2c(Cl)cc(Cl)cc21)c1ncnn1-c1cnccn1. The van der Waals surface area contributed by atoms with E-state index in [1.807, 2.05) is 6.92 Å². The van der Waals surface area contributed by atoms with Crippen LogP contribution in [-0.4, -0.2) is 41.0 Å². The molecular formula is C16H14Cl2N8OS. The van der Waals surface area contributed by atoms with Crippen LogP contribution in [-0.2, 0) is 9.92 Å². The van der Waals surface area contributed by atoms with Gasteiger partial charge < -0.3 is 5.32 Å². The molecule has 0 saturated heterocycles. The number of nitrogens with one attached hydrogen (secondary N) is 1. The summed E-state index contributed by atoms with van der Waals surface area (Å²) in [5, 5.41) is 8.16. The van der Waals surface area contributed by atoms with Gasteiger partial charge in [0.2, 0.25) is 0 Å². The molecule has 144 valence electrons. The van der Waals surface area contributed by atoms with Crippen molar-refractivity contribution in [3.63, 3.8) is 0 Å². The lowest BCUT2D eigenvalue weighted by Gasteiger charge is -2.21. The number of hydrogen-bond donors (Lipinski definition) is 1. The van der Waals surface area contributed by atoms with Gasteiger partial charge >= 0.3 is 0 Å². The predicted octanol–water partition coefficient (Wildman–Crippen LogP) is 3.12. The number of nitrogens with zero attached hydrogens (tertiary/aromatic N) is 7. The van der Waals surface area contributed by atoms with E-state index in [0.717, 1.165) is 0 Å². The number of benzene rings is 1. The first-order valence-corrected chi connectivity index (χ1v) is 10.7. The monoisotopic (exact) mass is 436 g/mol. The summed E-state index contributed by atoms with van der Waals surface area (Å²) in [6.45, 7) is 1.87. The average Bonchev–Trinajstić information content (AvgIpc) is 3.13. The molecule has 1 aliphatic heterocycles. The Morgan fingerprint density at radius 2 is 2.04 bits per heavy atom. The molecule has 0 amide bonds. The van der Waals surface area contributed by atoms with E-state index in [-0.39, 0.29) is 6.04 Å². The number of aromatic nitrogens is 5. The van der Waals surface area contributed by atoms with Crippen LogP contribution in [0.15, 0.2) is 45.8 Å². The van der Waals surface area contributed by atoms with E-state index in [0.29, 0.717) is 38.8 Å². The lowest BCUT2D eigenvalue weighted by molar-refractivity contribution is 0.625. The van der Waals surface area contributed by atoms with Gasteiger partial charge in [0, 0.05) is 29.2 Å². The summed E-state index contributed by atoms with van der Waals surface area (Å²) in [4.78, 5) is 12.6. The van der Waals surface area contributed by atoms with Crippen LogP contribution in [0.4, 0.5) is 5.69 Å². The zero-order valence-electron chi connectivity index (χ0n) is 14.7. The molecule has 9 nitrogen and oxygen atoms in total. The van der Waals surface area contributed by atoms with E-state index in [9.17, 15) is 4.21 Å². The smallest absolute Gasteiger partial charge is 0.174 e. The Morgan fingerprint density at radius 3 is 2.79 bits per heavy atom. The average molecular weight is 437 g/mol. The molecule has 0 spiro atoms. The summed E-state index contributed by atoms with van der Waals surface area (Å²) in [6.07, 6.45) is 7.58. The van der Waals surface area contributed by atoms with Gasteiger partial charge in [-0.05, 0) is 19.1 Å². The molecule has 0 bridgehead atoms. The highest BCUT2D eigenvalue weighted by molar-refractivity contribution is 7.92. The lowest BCUT2D eigenvalue weighted by Crippen LogP contribution is -2.31. The van der Waals surface area contributed by atoms with E-state index < -0.39 is 9.92 Å². The number of hydrogen-bond acceptors (Lipinski definition) is 7. The maximum Gasteiger partial charge on any atom is 0.174 e. The standard InChI is InChI=1S/C16H14Cl2N8OS/c1-9(16-21-8-22-26(16)13-7-19-3-4-20-13)23-15-11-5-10(17)6-12(18)14(11)24-28(2,27)25-15/h3-9H,1-2H3,(H,23,24,25,27). The Morgan fingerprint density at radius 1 is 1.21 bits per heavy atom. The fourth-order valence-corrected chi connectivity index (χ4v) is 4.40. The summed E-state index contributed by atoms with van der Waals surface area (Å²) in [6, 6.07) is 2.87. The van der Waals surface area contributed by atoms with Crippen LogP contribution >= 0.6 is 23.2 Å². The van der Waals surface area contributed by atoms with Gasteiger partial charge in [-0.15, -0.1) is 0 Å². The van der Waals surface area contributed by atoms with Crippen molar-refractivity contribution in [3.8, 4) is 5.82 Å². The van der Waals surface area contributed by atoms with Crippen molar-refractivity contribution in [2.24, 2.45) is 8.76 Å². The first-order chi connectivity index (χ1) is 13.3. The van der Waals surface area contributed by atoms with Gasteiger partial charge in [-0.25, -0.2) is 14.2 Å². The molecule has 2 aromatic heterocycles. The zero-order valence-corrected chi connectivity index (χ0v) is 17.1. The number of rotatable bonds is 3. The van der Waals surface area contributed by atoms with Crippen LogP contribution in [0.1, 0.15) is 24.4 Å². The Hall–Kier alpha value is -2.56. The topological polar surface area (TPSA) is 110 Å². The zero-order chi connectivity index (χ0) is 19.9. The molecule has 0 fully saturated rings. The maximum absolute atomic E-state index is 12.6. The summed E-state index contributed by atoms with van der Waals surface area (Å²) in [7, 11) is -2.85. The minimum atomic E-state index is -2.85. The van der Waals surface area contributed by atoms with E-state index in [2.05, 4.69) is 34.1 Å². The van der Waals surface area contributed by atoms with Gasteiger partial charge in [0.25, 0.3) is 0 Å². The molecule has 3 heterocycles. The van der Waals surface area contributed by atoms with Crippen molar-refractivity contribution in [3.05, 3.63) is 58.5 Å². The van der Waals surface area contributed by atoms with Crippen LogP contribution in [0.25, 0.3) is 5.82 Å². The fourth-order valence-electron chi connectivity index (χ4n) is 2.74. The molecule has 28 heavy (non-hydrogen) atoms. The predicted molar refractivity (Wildman–Crippen MR) is 108 cm³/mol. The summed E-state index contributed by atoms with van der Waals surface area (Å²) in [5.41, 5.74) is 0.953. The van der Waals surface area contributed by atoms with Crippen LogP contribution in [0, 0.1) is 0 Å². The van der Waals surface area contributed by atoms with Gasteiger partial charge in [0.15, 0.2) is 21.6 Å². The van der Waals surface area contributed by atoms with E-state index in [4.69, 9.17) is 23.2 Å². The summed E-state index contributed by atoms with van der Waals surface area (Å²) < 4.78 is 22.6. The van der Waals surface area contributed by atoms with E-state index >= 15 is 0 Å². The molecule has 1 aliphatic rings. The summed E-state index contributed by atoms with van der Waals surface area (Å²) >= 11 is 12.4. The van der Waals surface area contributed by atoms with Gasteiger partial charge in [0.05, 0.1) is 17.3 Å². The third-order valence-electron chi connectivity index (χ3n) is 3.89. The minimum Gasteiger partial charge on any atom is -0.359 e. The highest BCUT2D eigenvalue weighted by atomic mass is 35.5. The highest BCUT2D eigenvalue weighted by Crippen LogP contribution is 2.36. The highest BCUT2D eigenvalue weighted by Gasteiger charge is 2.24. The van der Waals surface area contributed by atoms with Gasteiger partial charge in [-0.2, -0.15) is 18.5 Å². The molecule has 1 N–H and O–H groups in total. The first kappa shape index (κ1) is 18.8. The molecular weight excluding hydrogens is 423 g/mol. The van der Waals surface area contributed by atoms with Gasteiger partial charge in [-0.1, -0.05) is 23.2 Å². The molecule has 1 aromatic carbocycles. The molecule has 2 unspecified atom stereocenters. The van der Waals surface area contributed by atoms with Gasteiger partial charge in [-0.3, -0.25) is 4.98 Å². The molecule has 2 atom stereocenters. The third kappa shape index (κ3) is 3.58. The molecule has 0 radical (unpaired) electrons. The first-order valence-electron chi connectivity index (χ1n) is 8.08. The molecule has 0 aliphatic carbocycles. The molecule has 0 saturated carbocycles. The second kappa shape index (κ2) is 7.12. The Labute approximate surface area is 171 Å². The van der Waals surface area contributed by atoms with Crippen LogP contribution in [0.2, 0.25) is 10.0 Å². The number of fused-ring (bicyclic) bond motifs is 1. The summed E-state index contributed by atoms with van der Waals surface area (Å²) in [5.74, 6) is 1.46. The quantitative estimate of drug-likeness (QED) is 0.674. The second-order valence-electron chi connectivity index (χ2n) is 6.04. The van der Waals surface area contributed by atoms with E-state index in [1.165, 1.54) is 12.6 Å². The molecule has 12 heteroatoms. The Balaban J connectivity index is 1.73.